The summed E-state index contributed by atoms with van der Waals surface area (Å²) in [5, 5.41) is 3.75. The first-order valence-electron chi connectivity index (χ1n) is 6.14. The summed E-state index contributed by atoms with van der Waals surface area (Å²) in [6, 6.07) is 4.68. The van der Waals surface area contributed by atoms with Crippen LogP contribution in [0, 0.1) is 5.82 Å². The summed E-state index contributed by atoms with van der Waals surface area (Å²) >= 11 is 0. The zero-order chi connectivity index (χ0) is 14.2. The molecule has 0 fully saturated rings. The standard InChI is InChI=1S/C14H16F3N2/c1-8(2)10-5-4-9(6-12(10)15)11-7-19(3)18-13(11)14(16)17/h4-8,11,14H,1-3H3/q+1. The maximum absolute atomic E-state index is 13.9. The van der Waals surface area contributed by atoms with Crippen LogP contribution in [0.3, 0.4) is 0 Å². The summed E-state index contributed by atoms with van der Waals surface area (Å²) in [6.45, 7) is 3.78. The van der Waals surface area contributed by atoms with Crippen molar-refractivity contribution >= 4 is 11.9 Å². The zero-order valence-electron chi connectivity index (χ0n) is 11.1. The van der Waals surface area contributed by atoms with Gasteiger partial charge in [0, 0.05) is 0 Å². The van der Waals surface area contributed by atoms with E-state index in [9.17, 15) is 13.2 Å². The number of alkyl halides is 2. The minimum Gasteiger partial charge on any atom is -0.207 e. The minimum absolute atomic E-state index is 0.0625. The summed E-state index contributed by atoms with van der Waals surface area (Å²) in [6.07, 6.45) is -1.08. The number of hydrogen-bond donors (Lipinski definition) is 0. The molecule has 1 unspecified atom stereocenters. The van der Waals surface area contributed by atoms with Crippen molar-refractivity contribution in [2.45, 2.75) is 32.1 Å². The van der Waals surface area contributed by atoms with Gasteiger partial charge in [-0.05, 0) is 28.2 Å². The van der Waals surface area contributed by atoms with Crippen LogP contribution in [0.5, 0.6) is 0 Å². The van der Waals surface area contributed by atoms with Crippen molar-refractivity contribution < 1.29 is 17.9 Å². The molecule has 0 bridgehead atoms. The molecule has 1 atom stereocenters. The molecule has 0 radical (unpaired) electrons. The van der Waals surface area contributed by atoms with Gasteiger partial charge in [0.1, 0.15) is 11.7 Å². The third-order valence-corrected chi connectivity index (χ3v) is 3.19. The van der Waals surface area contributed by atoms with Crippen LogP contribution in [0.25, 0.3) is 0 Å². The van der Waals surface area contributed by atoms with Crippen LogP contribution in [0.4, 0.5) is 13.2 Å². The van der Waals surface area contributed by atoms with Gasteiger partial charge in [0.2, 0.25) is 0 Å². The smallest absolute Gasteiger partial charge is 0.207 e. The quantitative estimate of drug-likeness (QED) is 0.748. The van der Waals surface area contributed by atoms with Gasteiger partial charge in [-0.3, -0.25) is 0 Å². The Hall–Kier alpha value is -1.65. The number of nitrogens with zero attached hydrogens (tertiary/aromatic N) is 2. The van der Waals surface area contributed by atoms with E-state index in [1.165, 1.54) is 10.8 Å². The van der Waals surface area contributed by atoms with Gasteiger partial charge < -0.3 is 0 Å². The van der Waals surface area contributed by atoms with Gasteiger partial charge in [-0.15, -0.1) is 0 Å². The highest BCUT2D eigenvalue weighted by Gasteiger charge is 2.34. The maximum atomic E-state index is 13.9. The molecule has 1 aliphatic rings. The Morgan fingerprint density at radius 2 is 1.95 bits per heavy atom. The number of benzene rings is 1. The molecular weight excluding hydrogens is 253 g/mol. The maximum Gasteiger partial charge on any atom is 0.283 e. The average Bonchev–Trinajstić information content (AvgIpc) is 2.70. The van der Waals surface area contributed by atoms with Gasteiger partial charge in [0.25, 0.3) is 6.43 Å². The Morgan fingerprint density at radius 1 is 1.26 bits per heavy atom. The van der Waals surface area contributed by atoms with Gasteiger partial charge in [0.15, 0.2) is 19.0 Å². The van der Waals surface area contributed by atoms with Crippen molar-refractivity contribution in [1.29, 1.82) is 0 Å². The highest BCUT2D eigenvalue weighted by Crippen LogP contribution is 2.27. The van der Waals surface area contributed by atoms with Crippen LogP contribution < -0.4 is 0 Å². The Bertz CT molecular complexity index is 548. The van der Waals surface area contributed by atoms with Crippen molar-refractivity contribution in [3.63, 3.8) is 0 Å². The van der Waals surface area contributed by atoms with Crippen LogP contribution in [0.15, 0.2) is 23.3 Å². The first kappa shape index (κ1) is 13.8. The highest BCUT2D eigenvalue weighted by molar-refractivity contribution is 6.05. The van der Waals surface area contributed by atoms with E-state index < -0.39 is 12.3 Å². The molecule has 0 aliphatic carbocycles. The lowest BCUT2D eigenvalue weighted by Gasteiger charge is -2.11. The molecule has 102 valence electrons. The van der Waals surface area contributed by atoms with Crippen molar-refractivity contribution in [2.24, 2.45) is 5.10 Å². The summed E-state index contributed by atoms with van der Waals surface area (Å²) in [5.41, 5.74) is 0.857. The second-order valence-corrected chi connectivity index (χ2v) is 4.96. The molecule has 1 aliphatic heterocycles. The second-order valence-electron chi connectivity index (χ2n) is 4.96. The monoisotopic (exact) mass is 269 g/mol. The van der Waals surface area contributed by atoms with Crippen LogP contribution in [-0.4, -0.2) is 30.1 Å². The van der Waals surface area contributed by atoms with Crippen LogP contribution in [0.1, 0.15) is 36.8 Å². The molecule has 5 heteroatoms. The highest BCUT2D eigenvalue weighted by atomic mass is 19.3. The molecule has 0 saturated carbocycles. The average molecular weight is 269 g/mol. The minimum atomic E-state index is -2.64. The molecule has 1 heterocycles. The van der Waals surface area contributed by atoms with Gasteiger partial charge in [-0.2, -0.15) is 0 Å². The molecule has 2 rings (SSSR count). The molecule has 0 spiro atoms. The predicted octanol–water partition coefficient (Wildman–Crippen LogP) is 3.38. The zero-order valence-corrected chi connectivity index (χ0v) is 11.1. The van der Waals surface area contributed by atoms with Crippen LogP contribution in [0.2, 0.25) is 0 Å². The summed E-state index contributed by atoms with van der Waals surface area (Å²) in [7, 11) is 1.58. The fourth-order valence-corrected chi connectivity index (χ4v) is 2.21. The number of hydrogen-bond acceptors (Lipinski definition) is 1. The van der Waals surface area contributed by atoms with Crippen molar-refractivity contribution in [3.05, 3.63) is 35.1 Å². The topological polar surface area (TPSA) is 15.4 Å². The molecule has 0 amide bonds. The number of rotatable bonds is 3. The van der Waals surface area contributed by atoms with Gasteiger partial charge >= 0.3 is 0 Å². The lowest BCUT2D eigenvalue weighted by molar-refractivity contribution is -0.495. The van der Waals surface area contributed by atoms with E-state index in [2.05, 4.69) is 5.10 Å². The molecule has 19 heavy (non-hydrogen) atoms. The fourth-order valence-electron chi connectivity index (χ4n) is 2.21. The SMILES string of the molecule is CC(C)c1ccc(C2C=[N+](C)N=C2C(F)F)cc1F. The molecule has 2 nitrogen and oxygen atoms in total. The fraction of sp³-hybridized carbons (Fsp3) is 0.429. The molecule has 1 aromatic carbocycles. The van der Waals surface area contributed by atoms with E-state index in [1.54, 1.807) is 25.4 Å². The molecule has 0 N–H and O–H groups in total. The number of halogens is 3. The Balaban J connectivity index is 2.38. The summed E-state index contributed by atoms with van der Waals surface area (Å²) in [5.74, 6) is -0.947. The van der Waals surface area contributed by atoms with Gasteiger partial charge in [-0.1, -0.05) is 30.7 Å². The lowest BCUT2D eigenvalue weighted by atomic mass is 9.92. The van der Waals surface area contributed by atoms with Crippen LogP contribution in [-0.2, 0) is 0 Å². The summed E-state index contributed by atoms with van der Waals surface area (Å²) < 4.78 is 41.0. The van der Waals surface area contributed by atoms with E-state index in [1.807, 2.05) is 13.8 Å². The van der Waals surface area contributed by atoms with E-state index >= 15 is 0 Å². The van der Waals surface area contributed by atoms with E-state index in [0.717, 1.165) is 0 Å². The van der Waals surface area contributed by atoms with Crippen molar-refractivity contribution in [3.8, 4) is 0 Å². The van der Waals surface area contributed by atoms with Crippen molar-refractivity contribution in [2.75, 3.05) is 7.05 Å². The lowest BCUT2D eigenvalue weighted by Crippen LogP contribution is -2.18. The summed E-state index contributed by atoms with van der Waals surface area (Å²) in [4.78, 5) is 0. The second kappa shape index (κ2) is 5.15. The van der Waals surface area contributed by atoms with Gasteiger partial charge in [-0.25, -0.2) is 13.2 Å². The molecule has 0 aromatic heterocycles. The van der Waals surface area contributed by atoms with Crippen LogP contribution >= 0.6 is 0 Å². The molecule has 1 aromatic rings. The Labute approximate surface area is 110 Å². The Kier molecular flexibility index (Phi) is 3.73. The third-order valence-electron chi connectivity index (χ3n) is 3.19. The van der Waals surface area contributed by atoms with Gasteiger partial charge in [0.05, 0.1) is 0 Å². The predicted molar refractivity (Wildman–Crippen MR) is 68.9 cm³/mol. The third kappa shape index (κ3) is 2.69. The largest absolute Gasteiger partial charge is 0.283 e. The Morgan fingerprint density at radius 3 is 2.47 bits per heavy atom. The van der Waals surface area contributed by atoms with Crippen molar-refractivity contribution in [1.82, 2.24) is 0 Å². The van der Waals surface area contributed by atoms with E-state index in [-0.39, 0.29) is 17.4 Å². The van der Waals surface area contributed by atoms with E-state index in [4.69, 9.17) is 0 Å². The first-order chi connectivity index (χ1) is 8.90. The molecular formula is C14H16F3N2+. The number of hydrazone groups is 1. The first-order valence-corrected chi connectivity index (χ1v) is 6.14. The normalized spacial score (nSPS) is 19.1. The molecule has 0 saturated heterocycles. The van der Waals surface area contributed by atoms with E-state index in [0.29, 0.717) is 11.1 Å².